The Morgan fingerprint density at radius 2 is 2.25 bits per heavy atom. The smallest absolute Gasteiger partial charge is 0.241 e. The fourth-order valence-electron chi connectivity index (χ4n) is 1.59. The van der Waals surface area contributed by atoms with Gasteiger partial charge in [-0.25, -0.2) is 9.97 Å². The van der Waals surface area contributed by atoms with Crippen molar-refractivity contribution >= 4 is 11.9 Å². The lowest BCUT2D eigenvalue weighted by atomic mass is 10.6. The number of nitrogen functional groups attached to an aromatic ring is 1. The number of hydrogen-bond donors (Lipinski definition) is 2. The molecule has 3 aromatic rings. The zero-order chi connectivity index (χ0) is 13.9. The fourth-order valence-corrected chi connectivity index (χ4v) is 1.59. The molecule has 0 radical (unpaired) electrons. The van der Waals surface area contributed by atoms with E-state index in [-0.39, 0.29) is 5.95 Å². The average Bonchev–Trinajstić information content (AvgIpc) is 3.07. The average molecular weight is 272 g/mol. The molecule has 0 unspecified atom stereocenters. The molecule has 9 heteroatoms. The van der Waals surface area contributed by atoms with E-state index in [0.717, 1.165) is 5.76 Å². The van der Waals surface area contributed by atoms with Gasteiger partial charge in [0.1, 0.15) is 12.1 Å². The van der Waals surface area contributed by atoms with E-state index in [0.29, 0.717) is 24.3 Å². The number of oxazole rings is 1. The molecule has 0 aliphatic carbocycles. The van der Waals surface area contributed by atoms with Gasteiger partial charge in [0.2, 0.25) is 23.7 Å². The summed E-state index contributed by atoms with van der Waals surface area (Å²) in [6, 6.07) is 0. The minimum absolute atomic E-state index is 0.120. The lowest BCUT2D eigenvalue weighted by Crippen LogP contribution is -2.10. The molecule has 102 valence electrons. The highest BCUT2D eigenvalue weighted by molar-refractivity contribution is 5.35. The quantitative estimate of drug-likeness (QED) is 0.706. The van der Waals surface area contributed by atoms with Crippen LogP contribution >= 0.6 is 0 Å². The molecule has 3 rings (SSSR count). The zero-order valence-corrected chi connectivity index (χ0v) is 10.7. The monoisotopic (exact) mass is 272 g/mol. The summed E-state index contributed by atoms with van der Waals surface area (Å²) < 4.78 is 6.98. The molecule has 0 aromatic carbocycles. The van der Waals surface area contributed by atoms with E-state index < -0.39 is 0 Å². The van der Waals surface area contributed by atoms with Crippen molar-refractivity contribution in [2.24, 2.45) is 0 Å². The maximum atomic E-state index is 5.66. The van der Waals surface area contributed by atoms with E-state index in [4.69, 9.17) is 10.2 Å². The molecule has 3 heterocycles. The molecular formula is C11H12N8O. The third-order valence-corrected chi connectivity index (χ3v) is 2.44. The van der Waals surface area contributed by atoms with Gasteiger partial charge >= 0.3 is 0 Å². The first-order chi connectivity index (χ1) is 9.70. The van der Waals surface area contributed by atoms with E-state index in [9.17, 15) is 0 Å². The topological polar surface area (TPSA) is 121 Å². The molecule has 9 nitrogen and oxygen atoms in total. The van der Waals surface area contributed by atoms with Crippen molar-refractivity contribution in [2.45, 2.75) is 13.5 Å². The SMILES string of the molecule is Cc1cnc(CNc2nc(N)nc(-n3ccnc3)n2)o1. The number of aromatic nitrogens is 6. The number of nitrogens with one attached hydrogen (secondary N) is 1. The van der Waals surface area contributed by atoms with Gasteiger partial charge in [-0.1, -0.05) is 0 Å². The number of nitrogens with zero attached hydrogens (tertiary/aromatic N) is 6. The number of aryl methyl sites for hydroxylation is 1. The van der Waals surface area contributed by atoms with E-state index in [2.05, 4.69) is 30.2 Å². The summed E-state index contributed by atoms with van der Waals surface area (Å²) >= 11 is 0. The van der Waals surface area contributed by atoms with Crippen molar-refractivity contribution in [1.82, 2.24) is 29.5 Å². The molecule has 0 atom stereocenters. The summed E-state index contributed by atoms with van der Waals surface area (Å²) in [6.45, 7) is 2.19. The van der Waals surface area contributed by atoms with Crippen molar-refractivity contribution in [2.75, 3.05) is 11.1 Å². The Bertz CT molecular complexity index is 705. The van der Waals surface area contributed by atoms with Gasteiger partial charge in [0.25, 0.3) is 0 Å². The first-order valence-corrected chi connectivity index (χ1v) is 5.86. The molecule has 0 aliphatic heterocycles. The Hall–Kier alpha value is -2.97. The second-order valence-electron chi connectivity index (χ2n) is 4.01. The highest BCUT2D eigenvalue weighted by Gasteiger charge is 2.07. The number of imidazole rings is 1. The minimum atomic E-state index is 0.120. The Labute approximate surface area is 113 Å². The predicted octanol–water partition coefficient (Wildman–Crippen LogP) is 0.548. The van der Waals surface area contributed by atoms with Crippen LogP contribution in [0, 0.1) is 6.92 Å². The first-order valence-electron chi connectivity index (χ1n) is 5.86. The van der Waals surface area contributed by atoms with Crippen LogP contribution in [-0.2, 0) is 6.54 Å². The van der Waals surface area contributed by atoms with Crippen LogP contribution in [0.4, 0.5) is 11.9 Å². The van der Waals surface area contributed by atoms with Gasteiger partial charge < -0.3 is 15.5 Å². The van der Waals surface area contributed by atoms with Gasteiger partial charge in [0.15, 0.2) is 0 Å². The van der Waals surface area contributed by atoms with Crippen LogP contribution in [0.3, 0.4) is 0 Å². The maximum Gasteiger partial charge on any atom is 0.241 e. The summed E-state index contributed by atoms with van der Waals surface area (Å²) in [4.78, 5) is 20.3. The fraction of sp³-hybridized carbons (Fsp3) is 0.182. The summed E-state index contributed by atoms with van der Waals surface area (Å²) in [5.74, 6) is 2.15. The van der Waals surface area contributed by atoms with Gasteiger partial charge in [-0.2, -0.15) is 15.0 Å². The molecule has 0 spiro atoms. The minimum Gasteiger partial charge on any atom is -0.444 e. The third-order valence-electron chi connectivity index (χ3n) is 2.44. The van der Waals surface area contributed by atoms with Crippen molar-refractivity contribution in [3.05, 3.63) is 36.6 Å². The number of nitrogens with two attached hydrogens (primary N) is 1. The molecule has 3 aromatic heterocycles. The Balaban J connectivity index is 1.79. The van der Waals surface area contributed by atoms with Gasteiger partial charge in [-0.05, 0) is 6.92 Å². The lowest BCUT2D eigenvalue weighted by Gasteiger charge is -2.05. The second kappa shape index (κ2) is 4.96. The van der Waals surface area contributed by atoms with Crippen LogP contribution in [0.5, 0.6) is 0 Å². The molecule has 20 heavy (non-hydrogen) atoms. The number of anilines is 2. The van der Waals surface area contributed by atoms with Crippen molar-refractivity contribution < 1.29 is 4.42 Å². The Kier molecular flexibility index (Phi) is 2.99. The van der Waals surface area contributed by atoms with E-state index in [1.54, 1.807) is 29.5 Å². The third kappa shape index (κ3) is 2.55. The van der Waals surface area contributed by atoms with Crippen LogP contribution in [0.15, 0.2) is 29.3 Å². The molecule has 3 N–H and O–H groups in total. The largest absolute Gasteiger partial charge is 0.444 e. The van der Waals surface area contributed by atoms with Crippen LogP contribution in [0.25, 0.3) is 5.95 Å². The van der Waals surface area contributed by atoms with Crippen molar-refractivity contribution in [3.63, 3.8) is 0 Å². The molecule has 0 saturated carbocycles. The van der Waals surface area contributed by atoms with Crippen LogP contribution < -0.4 is 11.1 Å². The van der Waals surface area contributed by atoms with Crippen LogP contribution in [0.2, 0.25) is 0 Å². The molecular weight excluding hydrogens is 260 g/mol. The zero-order valence-electron chi connectivity index (χ0n) is 10.7. The molecule has 0 amide bonds. The van der Waals surface area contributed by atoms with Crippen molar-refractivity contribution in [1.29, 1.82) is 0 Å². The maximum absolute atomic E-state index is 5.66. The highest BCUT2D eigenvalue weighted by Crippen LogP contribution is 2.09. The van der Waals surface area contributed by atoms with Crippen LogP contribution in [-0.4, -0.2) is 29.5 Å². The Morgan fingerprint density at radius 3 is 2.95 bits per heavy atom. The molecule has 0 bridgehead atoms. The molecule has 0 saturated heterocycles. The van der Waals surface area contributed by atoms with Crippen molar-refractivity contribution in [3.8, 4) is 5.95 Å². The van der Waals surface area contributed by atoms with E-state index >= 15 is 0 Å². The Morgan fingerprint density at radius 1 is 1.35 bits per heavy atom. The normalized spacial score (nSPS) is 10.7. The number of hydrogen-bond acceptors (Lipinski definition) is 8. The predicted molar refractivity (Wildman–Crippen MR) is 69.9 cm³/mol. The summed E-state index contributed by atoms with van der Waals surface area (Å²) in [5, 5.41) is 2.99. The molecule has 0 aliphatic rings. The highest BCUT2D eigenvalue weighted by atomic mass is 16.4. The van der Waals surface area contributed by atoms with E-state index in [1.807, 2.05) is 6.92 Å². The van der Waals surface area contributed by atoms with Gasteiger partial charge in [-0.3, -0.25) is 4.57 Å². The van der Waals surface area contributed by atoms with Crippen LogP contribution in [0.1, 0.15) is 11.7 Å². The first kappa shape index (κ1) is 12.1. The number of rotatable bonds is 4. The van der Waals surface area contributed by atoms with Gasteiger partial charge in [0, 0.05) is 12.4 Å². The summed E-state index contributed by atoms with van der Waals surface area (Å²) in [6.07, 6.45) is 6.57. The molecule has 0 fully saturated rings. The lowest BCUT2D eigenvalue weighted by molar-refractivity contribution is 0.478. The second-order valence-corrected chi connectivity index (χ2v) is 4.01. The standard InChI is InChI=1S/C11H12N8O/c1-7-4-14-8(20-7)5-15-10-16-9(12)17-11(18-10)19-3-2-13-6-19/h2-4,6H,5H2,1H3,(H3,12,15,16,17,18). The van der Waals surface area contributed by atoms with Gasteiger partial charge in [0.05, 0.1) is 12.7 Å². The summed E-state index contributed by atoms with van der Waals surface area (Å²) in [7, 11) is 0. The van der Waals surface area contributed by atoms with Gasteiger partial charge in [-0.15, -0.1) is 0 Å². The summed E-state index contributed by atoms with van der Waals surface area (Å²) in [5.41, 5.74) is 5.66. The van der Waals surface area contributed by atoms with E-state index in [1.165, 1.54) is 0 Å².